The molecule has 0 amide bonds. The molecule has 2 heteroatoms. The van der Waals surface area contributed by atoms with Gasteiger partial charge in [0.1, 0.15) is 5.84 Å². The maximum Gasteiger partial charge on any atom is 0.132 e. The van der Waals surface area contributed by atoms with E-state index < -0.39 is 0 Å². The van der Waals surface area contributed by atoms with Crippen molar-refractivity contribution in [3.05, 3.63) is 66.2 Å². The monoisotopic (exact) mass is 252 g/mol. The van der Waals surface area contributed by atoms with Gasteiger partial charge in [-0.05, 0) is 18.6 Å². The number of para-hydroxylation sites is 1. The molecule has 0 bridgehead atoms. The van der Waals surface area contributed by atoms with E-state index >= 15 is 0 Å². The molecule has 0 atom stereocenters. The van der Waals surface area contributed by atoms with Gasteiger partial charge in [0.2, 0.25) is 0 Å². The minimum atomic E-state index is 0.570. The number of unbranched alkanes of at least 4 members (excludes halogenated alkanes) is 1. The number of hydrogen-bond acceptors (Lipinski definition) is 1. The van der Waals surface area contributed by atoms with Crippen molar-refractivity contribution in [2.45, 2.75) is 19.8 Å². The third kappa shape index (κ3) is 3.44. The summed E-state index contributed by atoms with van der Waals surface area (Å²) < 4.78 is 0. The summed E-state index contributed by atoms with van der Waals surface area (Å²) in [6.07, 6.45) is 2.22. The van der Waals surface area contributed by atoms with Crippen LogP contribution in [0.1, 0.15) is 25.3 Å². The third-order valence-electron chi connectivity index (χ3n) is 3.12. The zero-order valence-electron chi connectivity index (χ0n) is 11.3. The van der Waals surface area contributed by atoms with E-state index in [2.05, 4.69) is 24.0 Å². The Morgan fingerprint density at radius 1 is 0.947 bits per heavy atom. The van der Waals surface area contributed by atoms with Gasteiger partial charge in [-0.3, -0.25) is 5.41 Å². The largest absolute Gasteiger partial charge is 0.326 e. The minimum absolute atomic E-state index is 0.570. The molecular weight excluding hydrogens is 232 g/mol. The Kier molecular flexibility index (Phi) is 4.73. The summed E-state index contributed by atoms with van der Waals surface area (Å²) in [5.74, 6) is 0.570. The molecule has 1 N–H and O–H groups in total. The molecule has 0 fully saturated rings. The minimum Gasteiger partial charge on any atom is -0.326 e. The van der Waals surface area contributed by atoms with Gasteiger partial charge < -0.3 is 4.90 Å². The van der Waals surface area contributed by atoms with E-state index in [-0.39, 0.29) is 0 Å². The lowest BCUT2D eigenvalue weighted by Crippen LogP contribution is -2.31. The van der Waals surface area contributed by atoms with Crippen LogP contribution in [-0.2, 0) is 0 Å². The van der Waals surface area contributed by atoms with Crippen molar-refractivity contribution < 1.29 is 0 Å². The normalized spacial score (nSPS) is 10.2. The van der Waals surface area contributed by atoms with Crippen LogP contribution in [0, 0.1) is 5.41 Å². The zero-order chi connectivity index (χ0) is 13.5. The molecule has 0 aliphatic carbocycles. The molecule has 0 aliphatic heterocycles. The van der Waals surface area contributed by atoms with Gasteiger partial charge in [-0.15, -0.1) is 0 Å². The molecule has 2 nitrogen and oxygen atoms in total. The number of nitrogens with one attached hydrogen (secondary N) is 1. The van der Waals surface area contributed by atoms with Crippen LogP contribution < -0.4 is 4.90 Å². The van der Waals surface area contributed by atoms with Crippen molar-refractivity contribution in [2.24, 2.45) is 0 Å². The van der Waals surface area contributed by atoms with Crippen LogP contribution in [0.2, 0.25) is 0 Å². The molecule has 0 unspecified atom stereocenters. The number of anilines is 1. The molecule has 0 spiro atoms. The number of amidine groups is 1. The second-order valence-corrected chi connectivity index (χ2v) is 4.56. The van der Waals surface area contributed by atoms with Crippen molar-refractivity contribution in [3.8, 4) is 0 Å². The molecule has 0 aliphatic rings. The molecule has 19 heavy (non-hydrogen) atoms. The molecule has 0 radical (unpaired) electrons. The van der Waals surface area contributed by atoms with Gasteiger partial charge in [0.25, 0.3) is 0 Å². The third-order valence-corrected chi connectivity index (χ3v) is 3.12. The van der Waals surface area contributed by atoms with Gasteiger partial charge >= 0.3 is 0 Å². The average molecular weight is 252 g/mol. The maximum absolute atomic E-state index is 8.43. The molecule has 2 aromatic carbocycles. The molecular formula is C17H20N2. The Labute approximate surface area is 115 Å². The highest BCUT2D eigenvalue weighted by atomic mass is 15.2. The Hall–Kier alpha value is -2.09. The quantitative estimate of drug-likeness (QED) is 0.622. The standard InChI is InChI=1S/C17H20N2/c1-2-3-14-19(16-12-8-5-9-13-16)17(18)15-10-6-4-7-11-15/h4-13,18H,2-3,14H2,1H3. The first-order valence-electron chi connectivity index (χ1n) is 6.79. The fourth-order valence-electron chi connectivity index (χ4n) is 2.05. The Balaban J connectivity index is 2.25. The highest BCUT2D eigenvalue weighted by Crippen LogP contribution is 2.17. The van der Waals surface area contributed by atoms with Crippen LogP contribution in [0.15, 0.2) is 60.7 Å². The summed E-state index contributed by atoms with van der Waals surface area (Å²) in [5, 5.41) is 8.43. The van der Waals surface area contributed by atoms with E-state index in [0.717, 1.165) is 30.6 Å². The lowest BCUT2D eigenvalue weighted by molar-refractivity contribution is 0.793. The summed E-state index contributed by atoms with van der Waals surface area (Å²) in [4.78, 5) is 2.08. The summed E-state index contributed by atoms with van der Waals surface area (Å²) in [7, 11) is 0. The average Bonchev–Trinajstić information content (AvgIpc) is 2.49. The molecule has 0 saturated heterocycles. The van der Waals surface area contributed by atoms with Gasteiger partial charge in [0, 0.05) is 17.8 Å². The van der Waals surface area contributed by atoms with Crippen molar-refractivity contribution in [1.29, 1.82) is 5.41 Å². The second-order valence-electron chi connectivity index (χ2n) is 4.56. The topological polar surface area (TPSA) is 27.1 Å². The second kappa shape index (κ2) is 6.74. The van der Waals surface area contributed by atoms with E-state index in [0.29, 0.717) is 5.84 Å². The van der Waals surface area contributed by atoms with Crippen molar-refractivity contribution >= 4 is 11.5 Å². The highest BCUT2D eigenvalue weighted by Gasteiger charge is 2.12. The Morgan fingerprint density at radius 3 is 2.11 bits per heavy atom. The van der Waals surface area contributed by atoms with E-state index in [1.165, 1.54) is 0 Å². The van der Waals surface area contributed by atoms with Gasteiger partial charge in [-0.25, -0.2) is 0 Å². The van der Waals surface area contributed by atoms with Crippen LogP contribution in [0.4, 0.5) is 5.69 Å². The van der Waals surface area contributed by atoms with E-state index in [1.807, 2.05) is 48.5 Å². The van der Waals surface area contributed by atoms with E-state index in [1.54, 1.807) is 0 Å². The fraction of sp³-hybridized carbons (Fsp3) is 0.235. The molecule has 0 aromatic heterocycles. The number of nitrogens with zero attached hydrogens (tertiary/aromatic N) is 1. The molecule has 98 valence electrons. The molecule has 0 heterocycles. The SMILES string of the molecule is CCCCN(C(=N)c1ccccc1)c1ccccc1. The lowest BCUT2D eigenvalue weighted by atomic mass is 10.1. The first-order chi connectivity index (χ1) is 9.33. The molecule has 0 saturated carbocycles. The van der Waals surface area contributed by atoms with Crippen LogP contribution in [0.25, 0.3) is 0 Å². The molecule has 2 rings (SSSR count). The Bertz CT molecular complexity index is 505. The number of benzene rings is 2. The lowest BCUT2D eigenvalue weighted by Gasteiger charge is -2.25. The predicted molar refractivity (Wildman–Crippen MR) is 82.0 cm³/mol. The zero-order valence-corrected chi connectivity index (χ0v) is 11.3. The van der Waals surface area contributed by atoms with E-state index in [9.17, 15) is 0 Å². The number of hydrogen-bond donors (Lipinski definition) is 1. The van der Waals surface area contributed by atoms with Crippen molar-refractivity contribution in [2.75, 3.05) is 11.4 Å². The van der Waals surface area contributed by atoms with Gasteiger partial charge in [0.15, 0.2) is 0 Å². The maximum atomic E-state index is 8.43. The van der Waals surface area contributed by atoms with Crippen LogP contribution in [0.5, 0.6) is 0 Å². The van der Waals surface area contributed by atoms with Crippen molar-refractivity contribution in [1.82, 2.24) is 0 Å². The highest BCUT2D eigenvalue weighted by molar-refractivity contribution is 6.07. The van der Waals surface area contributed by atoms with Crippen molar-refractivity contribution in [3.63, 3.8) is 0 Å². The summed E-state index contributed by atoms with van der Waals surface area (Å²) in [6.45, 7) is 3.06. The summed E-state index contributed by atoms with van der Waals surface area (Å²) >= 11 is 0. The fourth-order valence-corrected chi connectivity index (χ4v) is 2.05. The predicted octanol–water partition coefficient (Wildman–Crippen LogP) is 4.32. The Morgan fingerprint density at radius 2 is 1.53 bits per heavy atom. The summed E-state index contributed by atoms with van der Waals surface area (Å²) in [6, 6.07) is 20.1. The van der Waals surface area contributed by atoms with Crippen LogP contribution in [-0.4, -0.2) is 12.4 Å². The van der Waals surface area contributed by atoms with Gasteiger partial charge in [0.05, 0.1) is 0 Å². The summed E-state index contributed by atoms with van der Waals surface area (Å²) in [5.41, 5.74) is 2.05. The van der Waals surface area contributed by atoms with Gasteiger partial charge in [-0.2, -0.15) is 0 Å². The first-order valence-corrected chi connectivity index (χ1v) is 6.79. The first kappa shape index (κ1) is 13.3. The van der Waals surface area contributed by atoms with Gasteiger partial charge in [-0.1, -0.05) is 61.9 Å². The van der Waals surface area contributed by atoms with E-state index in [4.69, 9.17) is 5.41 Å². The van der Waals surface area contributed by atoms with Crippen LogP contribution >= 0.6 is 0 Å². The smallest absolute Gasteiger partial charge is 0.132 e. The number of rotatable bonds is 5. The van der Waals surface area contributed by atoms with Crippen LogP contribution in [0.3, 0.4) is 0 Å². The molecule has 2 aromatic rings.